The number of benzene rings is 2. The van der Waals surface area contributed by atoms with Crippen LogP contribution in [0.4, 0.5) is 16.2 Å². The number of hydrogen-bond donors (Lipinski definition) is 2. The molecule has 29 heavy (non-hydrogen) atoms. The van der Waals surface area contributed by atoms with Crippen molar-refractivity contribution in [1.29, 1.82) is 0 Å². The minimum Gasteiger partial charge on any atom is -0.323 e. The fourth-order valence-electron chi connectivity index (χ4n) is 3.57. The highest BCUT2D eigenvalue weighted by Gasteiger charge is 2.50. The summed E-state index contributed by atoms with van der Waals surface area (Å²) >= 11 is 6.21. The van der Waals surface area contributed by atoms with Gasteiger partial charge < -0.3 is 10.6 Å². The molecule has 5 amide bonds. The van der Waals surface area contributed by atoms with E-state index in [0.29, 0.717) is 22.0 Å². The van der Waals surface area contributed by atoms with Gasteiger partial charge in [-0.3, -0.25) is 24.2 Å². The maximum absolute atomic E-state index is 13.1. The molecule has 0 bridgehead atoms. The molecule has 0 saturated carbocycles. The molecule has 4 rings (SSSR count). The highest BCUT2D eigenvalue weighted by atomic mass is 35.5. The van der Waals surface area contributed by atoms with Crippen molar-refractivity contribution in [3.8, 4) is 0 Å². The summed E-state index contributed by atoms with van der Waals surface area (Å²) in [6.07, 6.45) is 0. The molecule has 148 valence electrons. The van der Waals surface area contributed by atoms with E-state index < -0.39 is 29.9 Å². The van der Waals surface area contributed by atoms with Gasteiger partial charge in [0, 0.05) is 10.6 Å². The number of rotatable bonds is 3. The number of hydrogen-bond acceptors (Lipinski definition) is 4. The third kappa shape index (κ3) is 3.11. The summed E-state index contributed by atoms with van der Waals surface area (Å²) in [5, 5.41) is 5.65. The van der Waals surface area contributed by atoms with Gasteiger partial charge in [0.2, 0.25) is 11.8 Å². The van der Waals surface area contributed by atoms with Crippen molar-refractivity contribution in [3.05, 3.63) is 59.1 Å². The Kier molecular flexibility index (Phi) is 4.50. The Balaban J connectivity index is 1.60. The lowest BCUT2D eigenvalue weighted by Crippen LogP contribution is -2.48. The molecule has 0 aromatic heterocycles. The fraction of sp³-hybridized carbons (Fsp3) is 0.200. The lowest BCUT2D eigenvalue weighted by molar-refractivity contribution is -0.134. The number of nitrogens with zero attached hydrogens (tertiary/aromatic N) is 2. The highest BCUT2D eigenvalue weighted by Crippen LogP contribution is 2.34. The lowest BCUT2D eigenvalue weighted by Gasteiger charge is -2.30. The molecule has 0 spiro atoms. The Labute approximate surface area is 171 Å². The Morgan fingerprint density at radius 3 is 2.55 bits per heavy atom. The van der Waals surface area contributed by atoms with E-state index in [1.54, 1.807) is 55.5 Å². The largest absolute Gasteiger partial charge is 0.325 e. The van der Waals surface area contributed by atoms with Crippen LogP contribution in [0.2, 0.25) is 5.02 Å². The van der Waals surface area contributed by atoms with Crippen LogP contribution in [0.15, 0.2) is 48.5 Å². The molecule has 0 radical (unpaired) electrons. The number of carbonyl (C=O) groups excluding carboxylic acids is 4. The maximum Gasteiger partial charge on any atom is 0.325 e. The first-order valence-electron chi connectivity index (χ1n) is 8.89. The fourth-order valence-corrected chi connectivity index (χ4v) is 3.89. The van der Waals surface area contributed by atoms with Gasteiger partial charge in [-0.25, -0.2) is 4.79 Å². The first kappa shape index (κ1) is 18.9. The normalized spacial score (nSPS) is 21.0. The summed E-state index contributed by atoms with van der Waals surface area (Å²) in [4.78, 5) is 52.5. The lowest BCUT2D eigenvalue weighted by atomic mass is 9.92. The molecule has 1 fully saturated rings. The topological polar surface area (TPSA) is 98.8 Å². The summed E-state index contributed by atoms with van der Waals surface area (Å²) < 4.78 is 0. The summed E-state index contributed by atoms with van der Waals surface area (Å²) in [5.41, 5.74) is 0.0678. The summed E-state index contributed by atoms with van der Waals surface area (Å²) in [7, 11) is 0. The van der Waals surface area contributed by atoms with Gasteiger partial charge in [0.1, 0.15) is 18.6 Å². The Hall–Kier alpha value is -3.39. The van der Waals surface area contributed by atoms with Crippen molar-refractivity contribution in [1.82, 2.24) is 10.2 Å². The quantitative estimate of drug-likeness (QED) is 0.754. The van der Waals surface area contributed by atoms with Gasteiger partial charge in [-0.1, -0.05) is 41.9 Å². The molecule has 2 heterocycles. The van der Waals surface area contributed by atoms with Crippen LogP contribution < -0.4 is 15.5 Å². The van der Waals surface area contributed by atoms with Crippen molar-refractivity contribution in [2.75, 3.05) is 23.3 Å². The van der Waals surface area contributed by atoms with E-state index in [0.717, 1.165) is 4.90 Å². The van der Waals surface area contributed by atoms with Gasteiger partial charge in [-0.05, 0) is 25.1 Å². The Morgan fingerprint density at radius 1 is 1.10 bits per heavy atom. The number of anilines is 2. The van der Waals surface area contributed by atoms with Crippen molar-refractivity contribution >= 4 is 46.7 Å². The zero-order valence-corrected chi connectivity index (χ0v) is 16.2. The molecular formula is C20H17ClN4O4. The molecule has 0 aliphatic carbocycles. The molecule has 8 nitrogen and oxygen atoms in total. The van der Waals surface area contributed by atoms with Crippen LogP contribution in [-0.4, -0.2) is 41.7 Å². The Morgan fingerprint density at radius 2 is 1.79 bits per heavy atom. The molecule has 1 unspecified atom stereocenters. The van der Waals surface area contributed by atoms with Crippen LogP contribution in [0, 0.1) is 0 Å². The summed E-state index contributed by atoms with van der Waals surface area (Å²) in [5.74, 6) is -1.48. The van der Waals surface area contributed by atoms with Crippen LogP contribution in [0.1, 0.15) is 12.5 Å². The molecular weight excluding hydrogens is 396 g/mol. The average Bonchev–Trinajstić information content (AvgIpc) is 2.91. The van der Waals surface area contributed by atoms with Crippen LogP contribution in [0.5, 0.6) is 0 Å². The van der Waals surface area contributed by atoms with Crippen LogP contribution in [-0.2, 0) is 19.9 Å². The van der Waals surface area contributed by atoms with Crippen LogP contribution in [0.25, 0.3) is 0 Å². The first-order valence-corrected chi connectivity index (χ1v) is 9.27. The molecule has 1 atom stereocenters. The van der Waals surface area contributed by atoms with Gasteiger partial charge in [-0.15, -0.1) is 0 Å². The number of para-hydroxylation sites is 2. The SMILES string of the molecule is CC1(c2ccccc2Cl)NC(=O)N(CC(=O)N2CC(=O)Nc3ccccc32)C1=O. The van der Waals surface area contributed by atoms with Crippen molar-refractivity contribution < 1.29 is 19.2 Å². The number of carbonyl (C=O) groups is 4. The third-order valence-corrected chi connectivity index (χ3v) is 5.38. The summed E-state index contributed by atoms with van der Waals surface area (Å²) in [6.45, 7) is 0.857. The van der Waals surface area contributed by atoms with Crippen molar-refractivity contribution in [3.63, 3.8) is 0 Å². The van der Waals surface area contributed by atoms with E-state index in [-0.39, 0.29) is 12.5 Å². The molecule has 2 aliphatic rings. The van der Waals surface area contributed by atoms with E-state index in [1.165, 1.54) is 4.90 Å². The summed E-state index contributed by atoms with van der Waals surface area (Å²) in [6, 6.07) is 12.8. The second kappa shape index (κ2) is 6.89. The van der Waals surface area contributed by atoms with Gasteiger partial charge in [0.25, 0.3) is 5.91 Å². The number of amides is 5. The molecule has 2 aliphatic heterocycles. The van der Waals surface area contributed by atoms with Gasteiger partial charge in [-0.2, -0.15) is 0 Å². The number of fused-ring (bicyclic) bond motifs is 1. The van der Waals surface area contributed by atoms with E-state index in [1.807, 2.05) is 0 Å². The zero-order valence-electron chi connectivity index (χ0n) is 15.4. The minimum atomic E-state index is -1.38. The average molecular weight is 413 g/mol. The number of urea groups is 1. The maximum atomic E-state index is 13.1. The smallest absolute Gasteiger partial charge is 0.323 e. The molecule has 1 saturated heterocycles. The second-order valence-corrected chi connectivity index (χ2v) is 7.38. The monoisotopic (exact) mass is 412 g/mol. The highest BCUT2D eigenvalue weighted by molar-refractivity contribution is 6.32. The van der Waals surface area contributed by atoms with Gasteiger partial charge >= 0.3 is 6.03 Å². The van der Waals surface area contributed by atoms with Crippen LogP contribution >= 0.6 is 11.6 Å². The minimum absolute atomic E-state index is 0.193. The molecule has 9 heteroatoms. The van der Waals surface area contributed by atoms with Crippen molar-refractivity contribution in [2.24, 2.45) is 0 Å². The predicted octanol–water partition coefficient (Wildman–Crippen LogP) is 2.09. The molecule has 2 aromatic rings. The Bertz CT molecular complexity index is 1060. The standard InChI is InChI=1S/C20H17ClN4O4/c1-20(12-6-2-3-7-13(12)21)18(28)25(19(29)23-20)11-17(27)24-10-16(26)22-14-8-4-5-9-15(14)24/h2-9H,10-11H2,1H3,(H,22,26)(H,23,29). The zero-order chi connectivity index (χ0) is 20.8. The van der Waals surface area contributed by atoms with E-state index in [4.69, 9.17) is 11.6 Å². The number of nitrogens with one attached hydrogen (secondary N) is 2. The van der Waals surface area contributed by atoms with Gasteiger partial charge in [0.15, 0.2) is 0 Å². The first-order chi connectivity index (χ1) is 13.8. The number of halogens is 1. The molecule has 2 N–H and O–H groups in total. The third-order valence-electron chi connectivity index (χ3n) is 5.05. The van der Waals surface area contributed by atoms with E-state index in [9.17, 15) is 19.2 Å². The van der Waals surface area contributed by atoms with E-state index >= 15 is 0 Å². The predicted molar refractivity (Wildman–Crippen MR) is 106 cm³/mol. The van der Waals surface area contributed by atoms with Gasteiger partial charge in [0.05, 0.1) is 11.4 Å². The van der Waals surface area contributed by atoms with E-state index in [2.05, 4.69) is 10.6 Å². The van der Waals surface area contributed by atoms with Crippen LogP contribution in [0.3, 0.4) is 0 Å². The second-order valence-electron chi connectivity index (χ2n) is 6.97. The number of imide groups is 1. The molecule has 2 aromatic carbocycles. The van der Waals surface area contributed by atoms with Crippen molar-refractivity contribution in [2.45, 2.75) is 12.5 Å².